The molecule has 54 valence electrons. The van der Waals surface area contributed by atoms with E-state index in [-0.39, 0.29) is 0 Å². The predicted octanol–water partition coefficient (Wildman–Crippen LogP) is 0.658. The first-order valence-corrected chi connectivity index (χ1v) is 4.33. The fourth-order valence-electron chi connectivity index (χ4n) is 0.312. The monoisotopic (exact) mass is 165 g/mol. The SMILES string of the molecule is C=C(SC)C(O)NCS. The van der Waals surface area contributed by atoms with Crippen molar-refractivity contribution in [2.24, 2.45) is 0 Å². The molecule has 0 fully saturated rings. The van der Waals surface area contributed by atoms with Crippen LogP contribution in [0.2, 0.25) is 0 Å². The number of thiol groups is 1. The van der Waals surface area contributed by atoms with Crippen LogP contribution in [0.3, 0.4) is 0 Å². The third-order valence-electron chi connectivity index (χ3n) is 0.852. The fourth-order valence-corrected chi connectivity index (χ4v) is 0.791. The lowest BCUT2D eigenvalue weighted by Gasteiger charge is -2.10. The average Bonchev–Trinajstić information content (AvgIpc) is 1.87. The second-order valence-electron chi connectivity index (χ2n) is 1.44. The maximum atomic E-state index is 9.04. The van der Waals surface area contributed by atoms with E-state index in [2.05, 4.69) is 24.5 Å². The molecule has 0 aliphatic rings. The van der Waals surface area contributed by atoms with Gasteiger partial charge in [-0.2, -0.15) is 12.6 Å². The van der Waals surface area contributed by atoms with Crippen LogP contribution in [0.5, 0.6) is 0 Å². The highest BCUT2D eigenvalue weighted by Gasteiger charge is 2.03. The summed E-state index contributed by atoms with van der Waals surface area (Å²) in [6, 6.07) is 0. The van der Waals surface area contributed by atoms with Gasteiger partial charge in [-0.05, 0) is 6.26 Å². The molecule has 4 heteroatoms. The molecule has 0 bridgehead atoms. The molecule has 2 nitrogen and oxygen atoms in total. The Bertz CT molecular complexity index is 97.0. The number of aliphatic hydroxyl groups excluding tert-OH is 1. The van der Waals surface area contributed by atoms with E-state index >= 15 is 0 Å². The average molecular weight is 165 g/mol. The number of thioether (sulfide) groups is 1. The smallest absolute Gasteiger partial charge is 0.136 e. The van der Waals surface area contributed by atoms with Gasteiger partial charge in [-0.3, -0.25) is 5.32 Å². The zero-order chi connectivity index (χ0) is 7.28. The van der Waals surface area contributed by atoms with Crippen LogP contribution in [-0.4, -0.2) is 23.5 Å². The Morgan fingerprint density at radius 2 is 2.56 bits per heavy atom. The third kappa shape index (κ3) is 3.86. The molecule has 0 saturated heterocycles. The second-order valence-corrected chi connectivity index (χ2v) is 2.68. The van der Waals surface area contributed by atoms with E-state index in [1.165, 1.54) is 11.8 Å². The summed E-state index contributed by atoms with van der Waals surface area (Å²) in [5, 5.41) is 11.7. The van der Waals surface area contributed by atoms with E-state index < -0.39 is 6.23 Å². The molecule has 0 aromatic carbocycles. The minimum Gasteiger partial charge on any atom is -0.374 e. The van der Waals surface area contributed by atoms with Crippen molar-refractivity contribution in [1.29, 1.82) is 0 Å². The molecule has 2 N–H and O–H groups in total. The first-order chi connectivity index (χ1) is 4.22. The molecule has 0 aromatic heterocycles. The van der Waals surface area contributed by atoms with E-state index in [1.54, 1.807) is 0 Å². The van der Waals surface area contributed by atoms with Crippen LogP contribution in [-0.2, 0) is 0 Å². The van der Waals surface area contributed by atoms with Crippen molar-refractivity contribution in [3.63, 3.8) is 0 Å². The predicted molar refractivity (Wildman–Crippen MR) is 45.7 cm³/mol. The summed E-state index contributed by atoms with van der Waals surface area (Å²) >= 11 is 5.30. The summed E-state index contributed by atoms with van der Waals surface area (Å²) in [4.78, 5) is 0.712. The van der Waals surface area contributed by atoms with Gasteiger partial charge in [-0.15, -0.1) is 11.8 Å². The van der Waals surface area contributed by atoms with Gasteiger partial charge in [0.1, 0.15) is 6.23 Å². The van der Waals surface area contributed by atoms with E-state index in [0.717, 1.165) is 0 Å². The van der Waals surface area contributed by atoms with Gasteiger partial charge in [0.15, 0.2) is 0 Å². The van der Waals surface area contributed by atoms with Crippen molar-refractivity contribution >= 4 is 24.4 Å². The number of aliphatic hydroxyl groups is 1. The lowest BCUT2D eigenvalue weighted by atomic mass is 10.5. The third-order valence-corrected chi connectivity index (χ3v) is 1.78. The Morgan fingerprint density at radius 3 is 2.89 bits per heavy atom. The van der Waals surface area contributed by atoms with Gasteiger partial charge in [-0.25, -0.2) is 0 Å². The first-order valence-electron chi connectivity index (χ1n) is 2.47. The van der Waals surface area contributed by atoms with Gasteiger partial charge in [0.25, 0.3) is 0 Å². The Hall–Kier alpha value is 0.360. The summed E-state index contributed by atoms with van der Waals surface area (Å²) in [6.07, 6.45) is 1.24. The van der Waals surface area contributed by atoms with Crippen LogP contribution in [0.25, 0.3) is 0 Å². The molecular weight excluding hydrogens is 154 g/mol. The quantitative estimate of drug-likeness (QED) is 0.423. The molecule has 1 atom stereocenters. The van der Waals surface area contributed by atoms with Gasteiger partial charge >= 0.3 is 0 Å². The van der Waals surface area contributed by atoms with Gasteiger partial charge < -0.3 is 5.11 Å². The lowest BCUT2D eigenvalue weighted by Crippen LogP contribution is -2.27. The Labute approximate surface area is 65.1 Å². The van der Waals surface area contributed by atoms with Gasteiger partial charge in [0.2, 0.25) is 0 Å². The molecule has 0 aliphatic heterocycles. The minimum atomic E-state index is -0.627. The van der Waals surface area contributed by atoms with Crippen LogP contribution in [0, 0.1) is 0 Å². The molecule has 0 saturated carbocycles. The lowest BCUT2D eigenvalue weighted by molar-refractivity contribution is 0.190. The highest BCUT2D eigenvalue weighted by atomic mass is 32.2. The maximum Gasteiger partial charge on any atom is 0.136 e. The summed E-state index contributed by atoms with van der Waals surface area (Å²) in [5.74, 6) is 0.459. The fraction of sp³-hybridized carbons (Fsp3) is 0.600. The number of hydrogen-bond donors (Lipinski definition) is 3. The van der Waals surface area contributed by atoms with E-state index in [4.69, 9.17) is 5.11 Å². The second kappa shape index (κ2) is 5.17. The van der Waals surface area contributed by atoms with Gasteiger partial charge in [-0.1, -0.05) is 6.58 Å². The molecule has 0 aliphatic carbocycles. The van der Waals surface area contributed by atoms with Crippen molar-refractivity contribution < 1.29 is 5.11 Å². The van der Waals surface area contributed by atoms with Crippen LogP contribution < -0.4 is 5.32 Å². The highest BCUT2D eigenvalue weighted by molar-refractivity contribution is 8.02. The van der Waals surface area contributed by atoms with Crippen LogP contribution >= 0.6 is 24.4 Å². The molecule has 0 radical (unpaired) electrons. The Balaban J connectivity index is 3.45. The first kappa shape index (κ1) is 9.36. The maximum absolute atomic E-state index is 9.04. The molecule has 0 heterocycles. The van der Waals surface area contributed by atoms with Crippen molar-refractivity contribution in [2.45, 2.75) is 6.23 Å². The minimum absolute atomic E-state index is 0.459. The molecule has 0 aromatic rings. The summed E-state index contributed by atoms with van der Waals surface area (Å²) in [7, 11) is 0. The Morgan fingerprint density at radius 1 is 2.00 bits per heavy atom. The molecular formula is C5H11NOS2. The van der Waals surface area contributed by atoms with Crippen molar-refractivity contribution in [1.82, 2.24) is 5.32 Å². The Kier molecular flexibility index (Phi) is 5.38. The molecule has 0 rings (SSSR count). The topological polar surface area (TPSA) is 32.3 Å². The van der Waals surface area contributed by atoms with Crippen LogP contribution in [0.1, 0.15) is 0 Å². The molecule has 0 amide bonds. The summed E-state index contributed by atoms with van der Waals surface area (Å²) in [6.45, 7) is 3.61. The van der Waals surface area contributed by atoms with Crippen molar-refractivity contribution in [2.75, 3.05) is 12.1 Å². The number of rotatable bonds is 4. The molecule has 1 unspecified atom stereocenters. The number of nitrogens with one attached hydrogen (secondary N) is 1. The van der Waals surface area contributed by atoms with Crippen LogP contribution in [0.4, 0.5) is 0 Å². The van der Waals surface area contributed by atoms with E-state index in [0.29, 0.717) is 10.8 Å². The highest BCUT2D eigenvalue weighted by Crippen LogP contribution is 2.10. The number of hydrogen-bond acceptors (Lipinski definition) is 4. The van der Waals surface area contributed by atoms with E-state index in [1.807, 2.05) is 6.26 Å². The zero-order valence-corrected chi connectivity index (χ0v) is 7.01. The van der Waals surface area contributed by atoms with Crippen molar-refractivity contribution in [3.8, 4) is 0 Å². The normalized spacial score (nSPS) is 13.2. The summed E-state index contributed by atoms with van der Waals surface area (Å²) in [5.41, 5.74) is 0. The van der Waals surface area contributed by atoms with E-state index in [9.17, 15) is 0 Å². The summed E-state index contributed by atoms with van der Waals surface area (Å²) < 4.78 is 0. The zero-order valence-electron chi connectivity index (χ0n) is 5.29. The molecule has 0 spiro atoms. The van der Waals surface area contributed by atoms with Gasteiger partial charge in [0, 0.05) is 10.8 Å². The standard InChI is InChI=1S/C5H11NOS2/c1-4(9-2)5(7)6-3-8/h5-8H,1,3H2,2H3. The molecule has 9 heavy (non-hydrogen) atoms. The van der Waals surface area contributed by atoms with Crippen LogP contribution in [0.15, 0.2) is 11.5 Å². The van der Waals surface area contributed by atoms with Gasteiger partial charge in [0.05, 0.1) is 0 Å². The largest absolute Gasteiger partial charge is 0.374 e. The van der Waals surface area contributed by atoms with Crippen molar-refractivity contribution in [3.05, 3.63) is 11.5 Å².